The Morgan fingerprint density at radius 1 is 1.13 bits per heavy atom. The third-order valence-corrected chi connectivity index (χ3v) is 2.28. The molecule has 0 N–H and O–H groups in total. The minimum Gasteiger partial charge on any atom is -0.463 e. The van der Waals surface area contributed by atoms with Crippen molar-refractivity contribution in [2.75, 3.05) is 0 Å². The van der Waals surface area contributed by atoms with Crippen molar-refractivity contribution in [1.82, 2.24) is 0 Å². The van der Waals surface area contributed by atoms with Crippen molar-refractivity contribution in [3.8, 4) is 0 Å². The van der Waals surface area contributed by atoms with Crippen molar-refractivity contribution in [3.63, 3.8) is 0 Å². The second kappa shape index (κ2) is 12.1. The molecule has 0 heterocycles. The van der Waals surface area contributed by atoms with Crippen LogP contribution in [0.25, 0.3) is 0 Å². The SMILES string of the molecule is CCCCCC(=O)OC(C)CCCC.[Fe]. The summed E-state index contributed by atoms with van der Waals surface area (Å²) in [5.41, 5.74) is 0. The first-order valence-corrected chi connectivity index (χ1v) is 5.90. The summed E-state index contributed by atoms with van der Waals surface area (Å²) in [4.78, 5) is 11.3. The minimum absolute atomic E-state index is 0. The van der Waals surface area contributed by atoms with Crippen LogP contribution >= 0.6 is 0 Å². The fourth-order valence-electron chi connectivity index (χ4n) is 1.35. The average Bonchev–Trinajstić information content (AvgIpc) is 2.15. The Kier molecular flexibility index (Phi) is 14.0. The standard InChI is InChI=1S/C12H24O2.Fe/c1-4-6-8-10-12(13)14-11(3)9-7-5-2;/h11H,4-10H2,1-3H3;. The van der Waals surface area contributed by atoms with Crippen molar-refractivity contribution < 1.29 is 26.6 Å². The van der Waals surface area contributed by atoms with Gasteiger partial charge in [-0.15, -0.1) is 0 Å². The molecule has 0 aliphatic heterocycles. The maximum Gasteiger partial charge on any atom is 0.306 e. The van der Waals surface area contributed by atoms with Gasteiger partial charge >= 0.3 is 5.97 Å². The van der Waals surface area contributed by atoms with Crippen molar-refractivity contribution in [2.45, 2.75) is 71.8 Å². The van der Waals surface area contributed by atoms with E-state index in [2.05, 4.69) is 13.8 Å². The number of hydrogen-bond donors (Lipinski definition) is 0. The van der Waals surface area contributed by atoms with E-state index in [0.29, 0.717) is 6.42 Å². The van der Waals surface area contributed by atoms with E-state index in [1.807, 2.05) is 6.92 Å². The molecule has 2 nitrogen and oxygen atoms in total. The van der Waals surface area contributed by atoms with Crippen LogP contribution < -0.4 is 0 Å². The maximum absolute atomic E-state index is 11.3. The summed E-state index contributed by atoms with van der Waals surface area (Å²) >= 11 is 0. The molecule has 1 atom stereocenters. The van der Waals surface area contributed by atoms with E-state index in [9.17, 15) is 4.79 Å². The van der Waals surface area contributed by atoms with Gasteiger partial charge in [0.15, 0.2) is 0 Å². The van der Waals surface area contributed by atoms with Gasteiger partial charge in [0.1, 0.15) is 0 Å². The Hall–Kier alpha value is -0.0105. The molecule has 0 amide bonds. The third-order valence-electron chi connectivity index (χ3n) is 2.28. The van der Waals surface area contributed by atoms with Crippen LogP contribution in [-0.2, 0) is 26.6 Å². The molecule has 0 radical (unpaired) electrons. The summed E-state index contributed by atoms with van der Waals surface area (Å²) in [6, 6.07) is 0. The summed E-state index contributed by atoms with van der Waals surface area (Å²) in [5, 5.41) is 0. The van der Waals surface area contributed by atoms with Gasteiger partial charge in [-0.25, -0.2) is 0 Å². The summed E-state index contributed by atoms with van der Waals surface area (Å²) in [6.45, 7) is 6.26. The third kappa shape index (κ3) is 11.9. The maximum atomic E-state index is 11.3. The largest absolute Gasteiger partial charge is 0.463 e. The molecule has 0 aromatic rings. The molecule has 92 valence electrons. The fourth-order valence-corrected chi connectivity index (χ4v) is 1.35. The van der Waals surface area contributed by atoms with Crippen LogP contribution in [0.15, 0.2) is 0 Å². The molecule has 0 aromatic carbocycles. The van der Waals surface area contributed by atoms with Gasteiger partial charge in [0.05, 0.1) is 6.10 Å². The molecule has 0 aliphatic rings. The first-order chi connectivity index (χ1) is 6.70. The number of esters is 1. The average molecular weight is 256 g/mol. The number of carbonyl (C=O) groups is 1. The molecule has 3 heteroatoms. The van der Waals surface area contributed by atoms with Crippen LogP contribution in [0.1, 0.15) is 65.7 Å². The van der Waals surface area contributed by atoms with E-state index < -0.39 is 0 Å². The van der Waals surface area contributed by atoms with Gasteiger partial charge in [0.2, 0.25) is 0 Å². The molecular formula is C12H24FeO2. The Morgan fingerprint density at radius 3 is 2.27 bits per heavy atom. The van der Waals surface area contributed by atoms with E-state index in [4.69, 9.17) is 4.74 Å². The molecule has 0 saturated heterocycles. The Balaban J connectivity index is 0. The van der Waals surface area contributed by atoms with Gasteiger partial charge in [0.25, 0.3) is 0 Å². The van der Waals surface area contributed by atoms with Crippen LogP contribution in [0.3, 0.4) is 0 Å². The fraction of sp³-hybridized carbons (Fsp3) is 0.917. The molecule has 0 spiro atoms. The minimum atomic E-state index is -0.0259. The zero-order chi connectivity index (χ0) is 10.8. The van der Waals surface area contributed by atoms with E-state index in [1.165, 1.54) is 0 Å². The first kappa shape index (κ1) is 17.4. The number of carbonyl (C=O) groups excluding carboxylic acids is 1. The van der Waals surface area contributed by atoms with E-state index in [-0.39, 0.29) is 29.1 Å². The van der Waals surface area contributed by atoms with Crippen LogP contribution in [0, 0.1) is 0 Å². The molecule has 0 rings (SSSR count). The number of rotatable bonds is 8. The van der Waals surface area contributed by atoms with Gasteiger partial charge in [0, 0.05) is 23.5 Å². The van der Waals surface area contributed by atoms with Crippen LogP contribution in [0.5, 0.6) is 0 Å². The normalized spacial score (nSPS) is 11.7. The zero-order valence-corrected chi connectivity index (χ0v) is 11.3. The smallest absolute Gasteiger partial charge is 0.306 e. The predicted molar refractivity (Wildman–Crippen MR) is 59.2 cm³/mol. The topological polar surface area (TPSA) is 26.3 Å². The first-order valence-electron chi connectivity index (χ1n) is 5.90. The number of hydrogen-bond acceptors (Lipinski definition) is 2. The van der Waals surface area contributed by atoms with Crippen molar-refractivity contribution in [2.24, 2.45) is 0 Å². The Labute approximate surface area is 105 Å². The van der Waals surface area contributed by atoms with Gasteiger partial charge < -0.3 is 4.74 Å². The quantitative estimate of drug-likeness (QED) is 0.376. The second-order valence-electron chi connectivity index (χ2n) is 3.90. The van der Waals surface area contributed by atoms with Crippen LogP contribution in [0.4, 0.5) is 0 Å². The Bertz CT molecular complexity index is 149. The summed E-state index contributed by atoms with van der Waals surface area (Å²) < 4.78 is 5.26. The van der Waals surface area contributed by atoms with Crippen molar-refractivity contribution in [3.05, 3.63) is 0 Å². The summed E-state index contributed by atoms with van der Waals surface area (Å²) in [6.07, 6.45) is 7.23. The molecule has 0 bridgehead atoms. The monoisotopic (exact) mass is 256 g/mol. The second-order valence-corrected chi connectivity index (χ2v) is 3.90. The molecule has 0 aromatic heterocycles. The molecular weight excluding hydrogens is 232 g/mol. The molecule has 0 fully saturated rings. The number of ether oxygens (including phenoxy) is 1. The molecule has 0 saturated carbocycles. The van der Waals surface area contributed by atoms with Crippen LogP contribution in [-0.4, -0.2) is 12.1 Å². The van der Waals surface area contributed by atoms with Gasteiger partial charge in [-0.2, -0.15) is 0 Å². The molecule has 0 aliphatic carbocycles. The molecule has 1 unspecified atom stereocenters. The number of unbranched alkanes of at least 4 members (excludes halogenated alkanes) is 3. The van der Waals surface area contributed by atoms with E-state index in [1.54, 1.807) is 0 Å². The predicted octanol–water partition coefficient (Wildman–Crippen LogP) is 3.69. The Morgan fingerprint density at radius 2 is 1.73 bits per heavy atom. The van der Waals surface area contributed by atoms with Gasteiger partial charge in [-0.05, 0) is 19.8 Å². The summed E-state index contributed by atoms with van der Waals surface area (Å²) in [7, 11) is 0. The zero-order valence-electron chi connectivity index (χ0n) is 10.2. The van der Waals surface area contributed by atoms with Crippen molar-refractivity contribution >= 4 is 5.97 Å². The van der Waals surface area contributed by atoms with Gasteiger partial charge in [-0.3, -0.25) is 4.79 Å². The van der Waals surface area contributed by atoms with Gasteiger partial charge in [-0.1, -0.05) is 39.5 Å². The van der Waals surface area contributed by atoms with E-state index in [0.717, 1.165) is 38.5 Å². The van der Waals surface area contributed by atoms with Crippen LogP contribution in [0.2, 0.25) is 0 Å². The summed E-state index contributed by atoms with van der Waals surface area (Å²) in [5.74, 6) is -0.0259. The van der Waals surface area contributed by atoms with E-state index >= 15 is 0 Å². The molecule has 15 heavy (non-hydrogen) atoms. The van der Waals surface area contributed by atoms with Crippen molar-refractivity contribution in [1.29, 1.82) is 0 Å².